The van der Waals surface area contributed by atoms with Gasteiger partial charge in [0.1, 0.15) is 0 Å². The van der Waals surface area contributed by atoms with Crippen molar-refractivity contribution in [2.75, 3.05) is 18.6 Å². The molecule has 16 heavy (non-hydrogen) atoms. The summed E-state index contributed by atoms with van der Waals surface area (Å²) in [7, 11) is 0. The molecule has 1 N–H and O–H groups in total. The summed E-state index contributed by atoms with van der Waals surface area (Å²) >= 11 is 2.00. The van der Waals surface area contributed by atoms with Crippen molar-refractivity contribution in [3.63, 3.8) is 0 Å². The van der Waals surface area contributed by atoms with Gasteiger partial charge in [-0.3, -0.25) is 0 Å². The molecule has 3 atom stereocenters. The van der Waals surface area contributed by atoms with Crippen molar-refractivity contribution in [3.8, 4) is 0 Å². The average Bonchev–Trinajstić information content (AvgIpc) is 2.34. The zero-order chi connectivity index (χ0) is 11.8. The largest absolute Gasteiger partial charge is 0.313 e. The lowest BCUT2D eigenvalue weighted by Crippen LogP contribution is -2.40. The van der Waals surface area contributed by atoms with E-state index in [1.54, 1.807) is 0 Å². The Morgan fingerprint density at radius 3 is 2.75 bits per heavy atom. The molecule has 1 nitrogen and oxygen atoms in total. The molecule has 0 spiro atoms. The number of rotatable bonds is 7. The van der Waals surface area contributed by atoms with Gasteiger partial charge in [0.25, 0.3) is 0 Å². The Bertz CT molecular complexity index is 170. The number of hydrogen-bond acceptors (Lipinski definition) is 2. The Morgan fingerprint density at radius 1 is 1.31 bits per heavy atom. The Balaban J connectivity index is 2.41. The fourth-order valence-electron chi connectivity index (χ4n) is 2.94. The molecule has 2 heteroatoms. The van der Waals surface area contributed by atoms with E-state index in [1.807, 2.05) is 11.8 Å². The summed E-state index contributed by atoms with van der Waals surface area (Å²) in [5.74, 6) is 3.24. The summed E-state index contributed by atoms with van der Waals surface area (Å²) in [4.78, 5) is 0. The summed E-state index contributed by atoms with van der Waals surface area (Å²) in [5.41, 5.74) is 0. The first kappa shape index (κ1) is 14.4. The van der Waals surface area contributed by atoms with Crippen molar-refractivity contribution in [2.45, 2.75) is 58.4 Å². The van der Waals surface area contributed by atoms with Crippen LogP contribution in [-0.2, 0) is 0 Å². The van der Waals surface area contributed by atoms with Crippen LogP contribution in [0.5, 0.6) is 0 Å². The molecule has 0 aromatic carbocycles. The minimum Gasteiger partial charge on any atom is -0.313 e. The second-order valence-electron chi connectivity index (χ2n) is 5.22. The molecule has 96 valence electrons. The van der Waals surface area contributed by atoms with Gasteiger partial charge in [-0.05, 0) is 43.9 Å². The predicted molar refractivity (Wildman–Crippen MR) is 76.2 cm³/mol. The summed E-state index contributed by atoms with van der Waals surface area (Å²) < 4.78 is 0. The quantitative estimate of drug-likeness (QED) is 0.727. The zero-order valence-corrected chi connectivity index (χ0v) is 12.1. The standard InChI is InChI=1S/C14H29NS/c1-4-9-15-14(11-16-3)13-8-6-7-12(5-2)10-13/h12-15H,4-11H2,1-3H3. The third-order valence-electron chi connectivity index (χ3n) is 3.97. The summed E-state index contributed by atoms with van der Waals surface area (Å²) in [6, 6.07) is 0.768. The Labute approximate surface area is 106 Å². The van der Waals surface area contributed by atoms with Gasteiger partial charge in [0, 0.05) is 11.8 Å². The Hall–Kier alpha value is 0.310. The zero-order valence-electron chi connectivity index (χ0n) is 11.3. The second-order valence-corrected chi connectivity index (χ2v) is 6.13. The highest BCUT2D eigenvalue weighted by molar-refractivity contribution is 7.98. The van der Waals surface area contributed by atoms with Crippen LogP contribution in [-0.4, -0.2) is 24.6 Å². The van der Waals surface area contributed by atoms with Crippen molar-refractivity contribution in [1.82, 2.24) is 5.32 Å². The molecule has 1 saturated carbocycles. The van der Waals surface area contributed by atoms with Crippen LogP contribution in [0, 0.1) is 11.8 Å². The molecular formula is C14H29NS. The molecule has 1 fully saturated rings. The van der Waals surface area contributed by atoms with Crippen molar-refractivity contribution >= 4 is 11.8 Å². The lowest BCUT2D eigenvalue weighted by atomic mass is 9.77. The molecule has 1 aliphatic carbocycles. The maximum atomic E-state index is 3.76. The van der Waals surface area contributed by atoms with Crippen molar-refractivity contribution in [1.29, 1.82) is 0 Å². The fourth-order valence-corrected chi connectivity index (χ4v) is 3.69. The molecule has 0 aliphatic heterocycles. The highest BCUT2D eigenvalue weighted by Crippen LogP contribution is 2.33. The first-order valence-electron chi connectivity index (χ1n) is 7.04. The second kappa shape index (κ2) is 8.41. The molecule has 0 aromatic heterocycles. The smallest absolute Gasteiger partial charge is 0.0186 e. The average molecular weight is 243 g/mol. The highest BCUT2D eigenvalue weighted by Gasteiger charge is 2.26. The summed E-state index contributed by atoms with van der Waals surface area (Å²) in [6.45, 7) is 5.81. The van der Waals surface area contributed by atoms with E-state index in [0.717, 1.165) is 17.9 Å². The van der Waals surface area contributed by atoms with Crippen LogP contribution in [0.1, 0.15) is 52.4 Å². The SMILES string of the molecule is CCCNC(CSC)C1CCCC(CC)C1. The molecule has 1 rings (SSSR count). The molecule has 3 unspecified atom stereocenters. The molecule has 0 saturated heterocycles. The molecule has 0 radical (unpaired) electrons. The van der Waals surface area contributed by atoms with E-state index in [4.69, 9.17) is 0 Å². The third-order valence-corrected chi connectivity index (χ3v) is 4.66. The van der Waals surface area contributed by atoms with Gasteiger partial charge in [-0.2, -0.15) is 11.8 Å². The summed E-state index contributed by atoms with van der Waals surface area (Å²) in [5, 5.41) is 3.76. The van der Waals surface area contributed by atoms with Gasteiger partial charge in [-0.25, -0.2) is 0 Å². The van der Waals surface area contributed by atoms with Crippen molar-refractivity contribution < 1.29 is 0 Å². The number of hydrogen-bond donors (Lipinski definition) is 1. The van der Waals surface area contributed by atoms with Crippen molar-refractivity contribution in [2.24, 2.45) is 11.8 Å². The van der Waals surface area contributed by atoms with Gasteiger partial charge in [-0.15, -0.1) is 0 Å². The predicted octanol–water partition coefficient (Wildman–Crippen LogP) is 3.93. The molecule has 1 aliphatic rings. The van der Waals surface area contributed by atoms with E-state index < -0.39 is 0 Å². The molecule has 0 bridgehead atoms. The normalized spacial score (nSPS) is 27.9. The number of thioether (sulfide) groups is 1. The van der Waals surface area contributed by atoms with Crippen LogP contribution in [0.15, 0.2) is 0 Å². The Kier molecular flexibility index (Phi) is 7.55. The monoisotopic (exact) mass is 243 g/mol. The number of nitrogens with one attached hydrogen (secondary N) is 1. The van der Waals surface area contributed by atoms with Gasteiger partial charge in [0.2, 0.25) is 0 Å². The molecule has 0 amide bonds. The fraction of sp³-hybridized carbons (Fsp3) is 1.00. The van der Waals surface area contributed by atoms with Crippen LogP contribution in [0.3, 0.4) is 0 Å². The van der Waals surface area contributed by atoms with E-state index in [0.29, 0.717) is 0 Å². The highest BCUT2D eigenvalue weighted by atomic mass is 32.2. The topological polar surface area (TPSA) is 12.0 Å². The van der Waals surface area contributed by atoms with E-state index in [9.17, 15) is 0 Å². The molecular weight excluding hydrogens is 214 g/mol. The first-order chi connectivity index (χ1) is 7.81. The maximum absolute atomic E-state index is 3.76. The van der Waals surface area contributed by atoms with Crippen molar-refractivity contribution in [3.05, 3.63) is 0 Å². The lowest BCUT2D eigenvalue weighted by molar-refractivity contribution is 0.219. The van der Waals surface area contributed by atoms with Gasteiger partial charge < -0.3 is 5.32 Å². The van der Waals surface area contributed by atoms with Gasteiger partial charge in [-0.1, -0.05) is 33.1 Å². The van der Waals surface area contributed by atoms with E-state index >= 15 is 0 Å². The minimum absolute atomic E-state index is 0.768. The van der Waals surface area contributed by atoms with Gasteiger partial charge in [0.15, 0.2) is 0 Å². The van der Waals surface area contributed by atoms with Crippen LogP contribution < -0.4 is 5.32 Å². The molecule has 0 heterocycles. The minimum atomic E-state index is 0.768. The van der Waals surface area contributed by atoms with E-state index in [1.165, 1.54) is 50.8 Å². The van der Waals surface area contributed by atoms with Crippen LogP contribution in [0.4, 0.5) is 0 Å². The van der Waals surface area contributed by atoms with E-state index in [2.05, 4.69) is 25.4 Å². The first-order valence-corrected chi connectivity index (χ1v) is 8.43. The maximum Gasteiger partial charge on any atom is 0.0186 e. The molecule has 0 aromatic rings. The van der Waals surface area contributed by atoms with Gasteiger partial charge in [0.05, 0.1) is 0 Å². The Morgan fingerprint density at radius 2 is 2.12 bits per heavy atom. The van der Waals surface area contributed by atoms with Gasteiger partial charge >= 0.3 is 0 Å². The van der Waals surface area contributed by atoms with E-state index in [-0.39, 0.29) is 0 Å². The third kappa shape index (κ3) is 4.67. The van der Waals surface area contributed by atoms with Crippen LogP contribution in [0.2, 0.25) is 0 Å². The van der Waals surface area contributed by atoms with Crippen LogP contribution in [0.25, 0.3) is 0 Å². The lowest BCUT2D eigenvalue weighted by Gasteiger charge is -2.34. The summed E-state index contributed by atoms with van der Waals surface area (Å²) in [6.07, 6.45) is 10.7. The van der Waals surface area contributed by atoms with Crippen LogP contribution >= 0.6 is 11.8 Å².